The molecule has 32 heavy (non-hydrogen) atoms. The maximum atomic E-state index is 12.9. The van der Waals surface area contributed by atoms with E-state index in [0.29, 0.717) is 17.0 Å². The highest BCUT2D eigenvalue weighted by Crippen LogP contribution is 2.32. The first kappa shape index (κ1) is 24.3. The maximum Gasteiger partial charge on any atom is 0.336 e. The molecule has 0 atom stereocenters. The Bertz CT molecular complexity index is 1000. The van der Waals surface area contributed by atoms with E-state index < -0.39 is 36.3 Å². The minimum atomic E-state index is -1.45. The van der Waals surface area contributed by atoms with Crippen molar-refractivity contribution in [1.29, 1.82) is 0 Å². The molecule has 0 radical (unpaired) electrons. The van der Waals surface area contributed by atoms with Crippen LogP contribution in [0.2, 0.25) is 0 Å². The van der Waals surface area contributed by atoms with Crippen molar-refractivity contribution in [1.82, 2.24) is 5.32 Å². The van der Waals surface area contributed by atoms with E-state index >= 15 is 0 Å². The predicted molar refractivity (Wildman–Crippen MR) is 112 cm³/mol. The molecule has 1 aromatic rings. The number of Topliss-reactive ketones (excluding diaryl/α,β-unsaturated/α-hetero) is 1. The van der Waals surface area contributed by atoms with Crippen molar-refractivity contribution in [3.8, 4) is 0 Å². The average molecular weight is 444 g/mol. The number of ketones is 1. The van der Waals surface area contributed by atoms with Crippen LogP contribution in [0.3, 0.4) is 0 Å². The summed E-state index contributed by atoms with van der Waals surface area (Å²) in [7, 11) is 2.27. The molecule has 0 aliphatic carbocycles. The lowest BCUT2D eigenvalue weighted by molar-refractivity contribution is -0.152. The Morgan fingerprint density at radius 3 is 1.97 bits per heavy atom. The average Bonchev–Trinajstić information content (AvgIpc) is 2.76. The molecule has 0 aromatic heterocycles. The molecular formula is C22H24N2O8. The monoisotopic (exact) mass is 444 g/mol. The zero-order valence-corrected chi connectivity index (χ0v) is 18.4. The second-order valence-electron chi connectivity index (χ2n) is 6.88. The number of benzene rings is 1. The van der Waals surface area contributed by atoms with Gasteiger partial charge in [-0.25, -0.2) is 9.59 Å². The summed E-state index contributed by atoms with van der Waals surface area (Å²) in [4.78, 5) is 61.6. The number of carbonyl (C=O) groups is 5. The lowest BCUT2D eigenvalue weighted by Gasteiger charge is -2.28. The molecule has 2 N–H and O–H groups in total. The highest BCUT2D eigenvalue weighted by Gasteiger charge is 2.42. The van der Waals surface area contributed by atoms with Crippen molar-refractivity contribution >= 4 is 35.3 Å². The largest absolute Gasteiger partial charge is 0.466 e. The minimum absolute atomic E-state index is 0.133. The number of methoxy groups -OCH3 is 2. The van der Waals surface area contributed by atoms with Crippen LogP contribution >= 0.6 is 0 Å². The Hall–Kier alpha value is -3.95. The van der Waals surface area contributed by atoms with Crippen LogP contribution in [-0.2, 0) is 33.4 Å². The highest BCUT2D eigenvalue weighted by molar-refractivity contribution is 6.07. The Balaban J connectivity index is 2.25. The van der Waals surface area contributed by atoms with Gasteiger partial charge in [0.1, 0.15) is 5.92 Å². The smallest absolute Gasteiger partial charge is 0.336 e. The quantitative estimate of drug-likeness (QED) is 0.364. The van der Waals surface area contributed by atoms with E-state index in [2.05, 4.69) is 10.6 Å². The highest BCUT2D eigenvalue weighted by atomic mass is 16.5. The lowest BCUT2D eigenvalue weighted by atomic mass is 9.85. The Morgan fingerprint density at radius 1 is 0.938 bits per heavy atom. The van der Waals surface area contributed by atoms with E-state index in [0.717, 1.165) is 14.2 Å². The Kier molecular flexibility index (Phi) is 7.89. The number of dihydropyridines is 1. The summed E-state index contributed by atoms with van der Waals surface area (Å²) in [6, 6.07) is 6.36. The number of hydrogen-bond acceptors (Lipinski definition) is 9. The fourth-order valence-electron chi connectivity index (χ4n) is 3.30. The molecule has 1 aliphatic rings. The molecular weight excluding hydrogens is 420 g/mol. The number of para-hydroxylation sites is 1. The topological polar surface area (TPSA) is 137 Å². The summed E-state index contributed by atoms with van der Waals surface area (Å²) in [5.74, 6) is -5.10. The summed E-state index contributed by atoms with van der Waals surface area (Å²) in [6.45, 7) is 3.72. The van der Waals surface area contributed by atoms with Gasteiger partial charge < -0.3 is 24.8 Å². The molecule has 1 amide bonds. The van der Waals surface area contributed by atoms with E-state index in [-0.39, 0.29) is 22.6 Å². The third kappa shape index (κ3) is 5.20. The van der Waals surface area contributed by atoms with E-state index in [1.165, 1.54) is 26.8 Å². The molecule has 0 unspecified atom stereocenters. The Morgan fingerprint density at radius 2 is 1.47 bits per heavy atom. The molecule has 1 aromatic carbocycles. The first-order chi connectivity index (χ1) is 15.1. The van der Waals surface area contributed by atoms with Gasteiger partial charge in [0.2, 0.25) is 0 Å². The number of allylic oxidation sites excluding steroid dienone is 2. The van der Waals surface area contributed by atoms with Crippen LogP contribution in [0.15, 0.2) is 46.8 Å². The van der Waals surface area contributed by atoms with Crippen molar-refractivity contribution in [3.05, 3.63) is 52.4 Å². The molecule has 2 rings (SSSR count). The van der Waals surface area contributed by atoms with Gasteiger partial charge >= 0.3 is 17.9 Å². The molecule has 170 valence electrons. The van der Waals surface area contributed by atoms with E-state index in [1.54, 1.807) is 18.2 Å². The van der Waals surface area contributed by atoms with E-state index in [4.69, 9.17) is 14.2 Å². The molecule has 1 aliphatic heterocycles. The minimum Gasteiger partial charge on any atom is -0.466 e. The number of hydrogen-bond donors (Lipinski definition) is 2. The molecule has 0 saturated heterocycles. The summed E-state index contributed by atoms with van der Waals surface area (Å²) in [5, 5.41) is 5.35. The number of rotatable bonds is 7. The molecule has 10 heteroatoms. The number of anilines is 1. The van der Waals surface area contributed by atoms with E-state index in [9.17, 15) is 24.0 Å². The van der Waals surface area contributed by atoms with Gasteiger partial charge in [-0.05, 0) is 32.9 Å². The summed E-state index contributed by atoms with van der Waals surface area (Å²) in [6.07, 6.45) is 0. The van der Waals surface area contributed by atoms with Crippen LogP contribution in [0, 0.1) is 5.92 Å². The van der Waals surface area contributed by atoms with Gasteiger partial charge in [0, 0.05) is 17.0 Å². The van der Waals surface area contributed by atoms with Crippen LogP contribution in [0.5, 0.6) is 0 Å². The lowest BCUT2D eigenvalue weighted by Crippen LogP contribution is -2.38. The van der Waals surface area contributed by atoms with Gasteiger partial charge in [-0.2, -0.15) is 0 Å². The fraction of sp³-hybridized carbons (Fsp3) is 0.318. The Labute approximate surface area is 184 Å². The molecule has 0 fully saturated rings. The number of amides is 1. The first-order valence-corrected chi connectivity index (χ1v) is 9.54. The van der Waals surface area contributed by atoms with Gasteiger partial charge in [-0.1, -0.05) is 12.1 Å². The normalized spacial score (nSPS) is 13.8. The summed E-state index contributed by atoms with van der Waals surface area (Å²) < 4.78 is 14.6. The first-order valence-electron chi connectivity index (χ1n) is 9.54. The second-order valence-corrected chi connectivity index (χ2v) is 6.88. The van der Waals surface area contributed by atoms with Crippen LogP contribution in [0.25, 0.3) is 0 Å². The van der Waals surface area contributed by atoms with Crippen LogP contribution in [0.1, 0.15) is 31.1 Å². The summed E-state index contributed by atoms with van der Waals surface area (Å²) in [5.41, 5.74) is 0.882. The number of esters is 3. The molecule has 0 saturated carbocycles. The SMILES string of the molecule is COC(=O)C1=C(C)NC(C)=C(C(=O)OC)C1C(=O)OCC(=O)Nc1ccccc1C(C)=O. The van der Waals surface area contributed by atoms with Crippen LogP contribution in [0.4, 0.5) is 5.69 Å². The number of carbonyl (C=O) groups excluding carboxylic acids is 5. The van der Waals surface area contributed by atoms with Crippen molar-refractivity contribution in [3.63, 3.8) is 0 Å². The molecule has 10 nitrogen and oxygen atoms in total. The van der Waals surface area contributed by atoms with Gasteiger partial charge in [0.05, 0.1) is 31.1 Å². The van der Waals surface area contributed by atoms with Crippen molar-refractivity contribution in [2.75, 3.05) is 26.1 Å². The molecule has 0 spiro atoms. The zero-order valence-electron chi connectivity index (χ0n) is 18.4. The van der Waals surface area contributed by atoms with E-state index in [1.807, 2.05) is 0 Å². The fourth-order valence-corrected chi connectivity index (χ4v) is 3.30. The van der Waals surface area contributed by atoms with Crippen LogP contribution < -0.4 is 10.6 Å². The standard InChI is InChI=1S/C22H24N2O8/c1-11-17(20(27)30-4)19(18(12(2)23-11)21(28)31-5)22(29)32-10-16(26)24-15-9-7-6-8-14(15)13(3)25/h6-9,19,23H,10H2,1-5H3,(H,24,26). The van der Waals surface area contributed by atoms with Crippen molar-refractivity contribution in [2.45, 2.75) is 20.8 Å². The van der Waals surface area contributed by atoms with Gasteiger partial charge in [0.25, 0.3) is 5.91 Å². The molecule has 0 bridgehead atoms. The second kappa shape index (κ2) is 10.4. The predicted octanol–water partition coefficient (Wildman–Crippen LogP) is 1.48. The molecule has 1 heterocycles. The van der Waals surface area contributed by atoms with Gasteiger partial charge in [-0.3, -0.25) is 14.4 Å². The zero-order chi connectivity index (χ0) is 24.0. The maximum absolute atomic E-state index is 12.9. The number of ether oxygens (including phenoxy) is 3. The van der Waals surface area contributed by atoms with Gasteiger partial charge in [0.15, 0.2) is 12.4 Å². The summed E-state index contributed by atoms with van der Waals surface area (Å²) >= 11 is 0. The third-order valence-corrected chi connectivity index (χ3v) is 4.73. The van der Waals surface area contributed by atoms with Gasteiger partial charge in [-0.15, -0.1) is 0 Å². The van der Waals surface area contributed by atoms with Crippen molar-refractivity contribution in [2.24, 2.45) is 5.92 Å². The third-order valence-electron chi connectivity index (χ3n) is 4.73. The van der Waals surface area contributed by atoms with Crippen LogP contribution in [-0.4, -0.2) is 50.4 Å². The van der Waals surface area contributed by atoms with Crippen molar-refractivity contribution < 1.29 is 38.2 Å². The number of nitrogens with one attached hydrogen (secondary N) is 2.